The van der Waals surface area contributed by atoms with Crippen molar-refractivity contribution in [1.29, 1.82) is 0 Å². The Morgan fingerprint density at radius 3 is 2.62 bits per heavy atom. The first-order valence-corrected chi connectivity index (χ1v) is 5.94. The predicted octanol–water partition coefficient (Wildman–Crippen LogP) is 3.86. The van der Waals surface area contributed by atoms with Crippen molar-refractivity contribution >= 4 is 17.9 Å². The summed E-state index contributed by atoms with van der Waals surface area (Å²) in [6.45, 7) is 2.12. The minimum atomic E-state index is -0.0909. The lowest BCUT2D eigenvalue weighted by molar-refractivity contribution is 0.0969. The highest BCUT2D eigenvalue weighted by molar-refractivity contribution is 6.32. The second-order valence-corrected chi connectivity index (χ2v) is 4.97. The fourth-order valence-corrected chi connectivity index (χ4v) is 2.39. The molecule has 1 aromatic rings. The van der Waals surface area contributed by atoms with Crippen LogP contribution in [0.5, 0.6) is 5.75 Å². The van der Waals surface area contributed by atoms with E-state index in [-0.39, 0.29) is 5.60 Å². The smallest absolute Gasteiger partial charge is 0.150 e. The van der Waals surface area contributed by atoms with Crippen molar-refractivity contribution in [3.63, 3.8) is 0 Å². The van der Waals surface area contributed by atoms with E-state index in [0.29, 0.717) is 16.3 Å². The molecule has 0 heterocycles. The van der Waals surface area contributed by atoms with E-state index in [9.17, 15) is 4.79 Å². The minimum Gasteiger partial charge on any atom is -0.486 e. The third-order valence-electron chi connectivity index (χ3n) is 3.11. The van der Waals surface area contributed by atoms with E-state index in [1.165, 1.54) is 12.8 Å². The van der Waals surface area contributed by atoms with Crippen molar-refractivity contribution in [1.82, 2.24) is 0 Å². The molecular formula is C13H15ClO2. The van der Waals surface area contributed by atoms with Gasteiger partial charge in [0.15, 0.2) is 0 Å². The lowest BCUT2D eigenvalue weighted by Gasteiger charge is -2.26. The molecule has 2 rings (SSSR count). The monoisotopic (exact) mass is 238 g/mol. The van der Waals surface area contributed by atoms with Crippen molar-refractivity contribution in [2.75, 3.05) is 0 Å². The molecule has 0 atom stereocenters. The molecule has 86 valence electrons. The number of rotatable bonds is 3. The minimum absolute atomic E-state index is 0.0909. The number of aldehydes is 1. The Hall–Kier alpha value is -1.02. The van der Waals surface area contributed by atoms with E-state index in [1.807, 2.05) is 0 Å². The lowest BCUT2D eigenvalue weighted by Crippen LogP contribution is -2.28. The molecule has 0 N–H and O–H groups in total. The second-order valence-electron chi connectivity index (χ2n) is 4.57. The molecule has 0 spiro atoms. The van der Waals surface area contributed by atoms with Gasteiger partial charge in [0.2, 0.25) is 0 Å². The summed E-state index contributed by atoms with van der Waals surface area (Å²) in [5.41, 5.74) is 0.487. The number of halogens is 1. The van der Waals surface area contributed by atoms with Crippen LogP contribution in [0.15, 0.2) is 18.2 Å². The van der Waals surface area contributed by atoms with Crippen LogP contribution in [0.3, 0.4) is 0 Å². The van der Waals surface area contributed by atoms with Crippen LogP contribution in [-0.2, 0) is 0 Å². The highest BCUT2D eigenvalue weighted by Crippen LogP contribution is 2.36. The van der Waals surface area contributed by atoms with Crippen LogP contribution in [0, 0.1) is 0 Å². The van der Waals surface area contributed by atoms with Crippen LogP contribution >= 0.6 is 11.6 Å². The van der Waals surface area contributed by atoms with Gasteiger partial charge in [0.1, 0.15) is 17.6 Å². The summed E-state index contributed by atoms with van der Waals surface area (Å²) in [7, 11) is 0. The molecule has 1 fully saturated rings. The van der Waals surface area contributed by atoms with E-state index in [0.717, 1.165) is 19.1 Å². The summed E-state index contributed by atoms with van der Waals surface area (Å²) in [5.74, 6) is 0.677. The van der Waals surface area contributed by atoms with Crippen LogP contribution in [0.2, 0.25) is 5.02 Å². The maximum atomic E-state index is 10.6. The fraction of sp³-hybridized carbons (Fsp3) is 0.462. The SMILES string of the molecule is CC1(Oc2ccc(C=O)cc2Cl)CCCC1. The Balaban J connectivity index is 2.18. The standard InChI is InChI=1S/C13H15ClO2/c1-13(6-2-3-7-13)16-12-5-4-10(9-15)8-11(12)14/h4-5,8-9H,2-3,6-7H2,1H3. The van der Waals surface area contributed by atoms with Crippen LogP contribution in [0.25, 0.3) is 0 Å². The van der Waals surface area contributed by atoms with Gasteiger partial charge in [-0.25, -0.2) is 0 Å². The topological polar surface area (TPSA) is 26.3 Å². The molecule has 1 saturated carbocycles. The summed E-state index contributed by atoms with van der Waals surface area (Å²) in [6, 6.07) is 5.14. The Bertz CT molecular complexity index is 395. The van der Waals surface area contributed by atoms with Gasteiger partial charge in [0.05, 0.1) is 5.02 Å². The first kappa shape index (κ1) is 11.5. The Labute approximate surface area is 101 Å². The van der Waals surface area contributed by atoms with E-state index in [2.05, 4.69) is 6.92 Å². The average Bonchev–Trinajstić information content (AvgIpc) is 2.68. The van der Waals surface area contributed by atoms with Crippen LogP contribution in [0.4, 0.5) is 0 Å². The molecule has 1 aliphatic carbocycles. The molecule has 1 aliphatic rings. The van der Waals surface area contributed by atoms with E-state index in [1.54, 1.807) is 18.2 Å². The van der Waals surface area contributed by atoms with E-state index < -0.39 is 0 Å². The van der Waals surface area contributed by atoms with Crippen molar-refractivity contribution in [2.45, 2.75) is 38.2 Å². The maximum Gasteiger partial charge on any atom is 0.150 e. The first-order chi connectivity index (χ1) is 7.63. The summed E-state index contributed by atoms with van der Waals surface area (Å²) in [4.78, 5) is 10.6. The molecule has 1 aromatic carbocycles. The molecule has 0 aliphatic heterocycles. The number of benzene rings is 1. The molecule has 2 nitrogen and oxygen atoms in total. The second kappa shape index (κ2) is 4.46. The maximum absolute atomic E-state index is 10.6. The van der Waals surface area contributed by atoms with Crippen LogP contribution in [0.1, 0.15) is 43.0 Å². The molecule has 0 saturated heterocycles. The van der Waals surface area contributed by atoms with Gasteiger partial charge in [-0.3, -0.25) is 4.79 Å². The van der Waals surface area contributed by atoms with Crippen molar-refractivity contribution in [2.24, 2.45) is 0 Å². The normalized spacial score (nSPS) is 18.4. The zero-order valence-corrected chi connectivity index (χ0v) is 10.1. The Kier molecular flexibility index (Phi) is 3.20. The third kappa shape index (κ3) is 2.38. The highest BCUT2D eigenvalue weighted by atomic mass is 35.5. The van der Waals surface area contributed by atoms with Crippen molar-refractivity contribution in [3.05, 3.63) is 28.8 Å². The predicted molar refractivity (Wildman–Crippen MR) is 64.3 cm³/mol. The number of hydrogen-bond donors (Lipinski definition) is 0. The quantitative estimate of drug-likeness (QED) is 0.748. The average molecular weight is 239 g/mol. The third-order valence-corrected chi connectivity index (χ3v) is 3.40. The van der Waals surface area contributed by atoms with Crippen LogP contribution in [-0.4, -0.2) is 11.9 Å². The summed E-state index contributed by atoms with van der Waals surface area (Å²) >= 11 is 6.06. The van der Waals surface area contributed by atoms with Gasteiger partial charge in [-0.05, 0) is 50.8 Å². The van der Waals surface area contributed by atoms with Crippen molar-refractivity contribution in [3.8, 4) is 5.75 Å². The van der Waals surface area contributed by atoms with E-state index >= 15 is 0 Å². The van der Waals surface area contributed by atoms with Gasteiger partial charge in [-0.2, -0.15) is 0 Å². The largest absolute Gasteiger partial charge is 0.486 e. The Morgan fingerprint density at radius 2 is 2.06 bits per heavy atom. The van der Waals surface area contributed by atoms with Crippen LogP contribution < -0.4 is 4.74 Å². The molecule has 0 bridgehead atoms. The first-order valence-electron chi connectivity index (χ1n) is 5.57. The van der Waals surface area contributed by atoms with Gasteiger partial charge < -0.3 is 4.74 Å². The molecule has 0 amide bonds. The number of hydrogen-bond acceptors (Lipinski definition) is 2. The summed E-state index contributed by atoms with van der Waals surface area (Å²) < 4.78 is 5.95. The summed E-state index contributed by atoms with van der Waals surface area (Å²) in [6.07, 6.45) is 5.34. The van der Waals surface area contributed by atoms with E-state index in [4.69, 9.17) is 16.3 Å². The van der Waals surface area contributed by atoms with Gasteiger partial charge >= 0.3 is 0 Å². The van der Waals surface area contributed by atoms with Gasteiger partial charge in [-0.15, -0.1) is 0 Å². The molecule has 0 unspecified atom stereocenters. The fourth-order valence-electron chi connectivity index (χ4n) is 2.16. The zero-order chi connectivity index (χ0) is 11.6. The number of ether oxygens (including phenoxy) is 1. The Morgan fingerprint density at radius 1 is 1.38 bits per heavy atom. The molecule has 0 aromatic heterocycles. The number of carbonyl (C=O) groups is 1. The molecule has 0 radical (unpaired) electrons. The highest BCUT2D eigenvalue weighted by Gasteiger charge is 2.31. The number of carbonyl (C=O) groups excluding carboxylic acids is 1. The van der Waals surface area contributed by atoms with Gasteiger partial charge in [0, 0.05) is 5.56 Å². The molecule has 16 heavy (non-hydrogen) atoms. The molecular weight excluding hydrogens is 224 g/mol. The summed E-state index contributed by atoms with van der Waals surface area (Å²) in [5, 5.41) is 0.512. The van der Waals surface area contributed by atoms with Gasteiger partial charge in [0.25, 0.3) is 0 Å². The van der Waals surface area contributed by atoms with Crippen molar-refractivity contribution < 1.29 is 9.53 Å². The zero-order valence-electron chi connectivity index (χ0n) is 9.33. The van der Waals surface area contributed by atoms with Gasteiger partial charge in [-0.1, -0.05) is 11.6 Å². The molecule has 3 heteroatoms. The lowest BCUT2D eigenvalue weighted by atomic mass is 10.1.